The van der Waals surface area contributed by atoms with Gasteiger partial charge in [-0.3, -0.25) is 4.79 Å². The van der Waals surface area contributed by atoms with Crippen molar-refractivity contribution in [3.8, 4) is 11.5 Å². The van der Waals surface area contributed by atoms with Gasteiger partial charge in [-0.1, -0.05) is 29.8 Å². The number of ether oxygens (including phenoxy) is 2. The van der Waals surface area contributed by atoms with E-state index in [1.54, 1.807) is 6.08 Å². The van der Waals surface area contributed by atoms with E-state index in [1.807, 2.05) is 42.5 Å². The Bertz CT molecular complexity index is 904. The number of benzene rings is 2. The van der Waals surface area contributed by atoms with Crippen LogP contribution in [0.25, 0.3) is 6.08 Å². The molecule has 2 heterocycles. The SMILES string of the molecule is O=C1NC(Cc2ccc(Cl)cc2)=N/C1=C/c1ccc2c(c1)OCCCO2. The highest BCUT2D eigenvalue weighted by Gasteiger charge is 2.20. The maximum absolute atomic E-state index is 12.2. The van der Waals surface area contributed by atoms with Crippen molar-refractivity contribution in [1.82, 2.24) is 5.32 Å². The first-order chi connectivity index (χ1) is 12.7. The standard InChI is InChI=1S/C20H17ClN2O3/c21-15-5-2-13(3-6-15)12-19-22-16(20(24)23-19)10-14-4-7-17-18(11-14)26-9-1-8-25-17/h2-7,10-11H,1,8-9,12H2,(H,22,23,24)/b16-10+. The highest BCUT2D eigenvalue weighted by molar-refractivity contribution is 6.30. The van der Waals surface area contributed by atoms with Gasteiger partial charge in [0.15, 0.2) is 11.5 Å². The Labute approximate surface area is 156 Å². The summed E-state index contributed by atoms with van der Waals surface area (Å²) in [7, 11) is 0. The Morgan fingerprint density at radius 2 is 1.85 bits per heavy atom. The maximum Gasteiger partial charge on any atom is 0.275 e. The number of amidine groups is 1. The van der Waals surface area contributed by atoms with E-state index >= 15 is 0 Å². The summed E-state index contributed by atoms with van der Waals surface area (Å²) in [4.78, 5) is 16.6. The second-order valence-corrected chi connectivity index (χ2v) is 6.54. The topological polar surface area (TPSA) is 59.9 Å². The van der Waals surface area contributed by atoms with Gasteiger partial charge in [-0.15, -0.1) is 0 Å². The Balaban J connectivity index is 1.55. The fraction of sp³-hybridized carbons (Fsp3) is 0.200. The fourth-order valence-electron chi connectivity index (χ4n) is 2.82. The molecule has 26 heavy (non-hydrogen) atoms. The lowest BCUT2D eigenvalue weighted by molar-refractivity contribution is -0.115. The minimum absolute atomic E-state index is 0.207. The molecule has 0 aromatic heterocycles. The minimum atomic E-state index is -0.207. The third-order valence-electron chi connectivity index (χ3n) is 4.11. The third-order valence-corrected chi connectivity index (χ3v) is 4.36. The molecule has 132 valence electrons. The number of hydrogen-bond donors (Lipinski definition) is 1. The normalized spacial score (nSPS) is 17.7. The molecule has 6 heteroatoms. The van der Waals surface area contributed by atoms with Gasteiger partial charge in [0, 0.05) is 17.9 Å². The van der Waals surface area contributed by atoms with E-state index in [1.165, 1.54) is 0 Å². The molecule has 2 aromatic rings. The largest absolute Gasteiger partial charge is 0.490 e. The lowest BCUT2D eigenvalue weighted by Crippen LogP contribution is -2.25. The number of aliphatic imine (C=N–C) groups is 1. The van der Waals surface area contributed by atoms with Crippen molar-refractivity contribution < 1.29 is 14.3 Å². The van der Waals surface area contributed by atoms with Crippen LogP contribution in [0, 0.1) is 0 Å². The Hall–Kier alpha value is -2.79. The minimum Gasteiger partial charge on any atom is -0.490 e. The number of carbonyl (C=O) groups is 1. The number of carbonyl (C=O) groups excluding carboxylic acids is 1. The van der Waals surface area contributed by atoms with Gasteiger partial charge in [0.2, 0.25) is 0 Å². The molecule has 0 spiro atoms. The van der Waals surface area contributed by atoms with Crippen LogP contribution in [-0.2, 0) is 11.2 Å². The van der Waals surface area contributed by atoms with E-state index in [2.05, 4.69) is 10.3 Å². The summed E-state index contributed by atoms with van der Waals surface area (Å²) >= 11 is 5.90. The number of hydrogen-bond acceptors (Lipinski definition) is 4. The van der Waals surface area contributed by atoms with E-state index in [0.29, 0.717) is 41.9 Å². The van der Waals surface area contributed by atoms with Crippen molar-refractivity contribution in [2.24, 2.45) is 4.99 Å². The number of rotatable bonds is 3. The molecule has 0 atom stereocenters. The molecule has 2 aliphatic heterocycles. The Morgan fingerprint density at radius 1 is 1.08 bits per heavy atom. The smallest absolute Gasteiger partial charge is 0.275 e. The monoisotopic (exact) mass is 368 g/mol. The molecular formula is C20H17ClN2O3. The molecule has 4 rings (SSSR count). The second kappa shape index (κ2) is 7.22. The van der Waals surface area contributed by atoms with Crippen molar-refractivity contribution in [1.29, 1.82) is 0 Å². The molecule has 0 aliphatic carbocycles. The summed E-state index contributed by atoms with van der Waals surface area (Å²) in [6.45, 7) is 1.27. The van der Waals surface area contributed by atoms with E-state index in [9.17, 15) is 4.79 Å². The second-order valence-electron chi connectivity index (χ2n) is 6.10. The van der Waals surface area contributed by atoms with Crippen LogP contribution in [0.15, 0.2) is 53.2 Å². The molecule has 0 saturated heterocycles. The molecule has 1 N–H and O–H groups in total. The lowest BCUT2D eigenvalue weighted by atomic mass is 10.1. The number of halogens is 1. The third kappa shape index (κ3) is 3.73. The highest BCUT2D eigenvalue weighted by Crippen LogP contribution is 2.31. The van der Waals surface area contributed by atoms with Gasteiger partial charge >= 0.3 is 0 Å². The summed E-state index contributed by atoms with van der Waals surface area (Å²) in [6, 6.07) is 13.1. The van der Waals surface area contributed by atoms with Gasteiger partial charge in [-0.25, -0.2) is 4.99 Å². The first kappa shape index (κ1) is 16.7. The van der Waals surface area contributed by atoms with Crippen molar-refractivity contribution >= 4 is 29.4 Å². The van der Waals surface area contributed by atoms with Crippen LogP contribution in [0.4, 0.5) is 0 Å². The van der Waals surface area contributed by atoms with Crippen molar-refractivity contribution in [2.75, 3.05) is 13.2 Å². The quantitative estimate of drug-likeness (QED) is 0.842. The highest BCUT2D eigenvalue weighted by atomic mass is 35.5. The van der Waals surface area contributed by atoms with Gasteiger partial charge in [0.25, 0.3) is 5.91 Å². The predicted molar refractivity (Wildman–Crippen MR) is 101 cm³/mol. The van der Waals surface area contributed by atoms with Gasteiger partial charge in [0.1, 0.15) is 11.5 Å². The summed E-state index contributed by atoms with van der Waals surface area (Å²) in [5, 5.41) is 3.50. The Kier molecular flexibility index (Phi) is 4.63. The Morgan fingerprint density at radius 3 is 2.65 bits per heavy atom. The van der Waals surface area contributed by atoms with E-state index in [0.717, 1.165) is 23.3 Å². The van der Waals surface area contributed by atoms with E-state index < -0.39 is 0 Å². The van der Waals surface area contributed by atoms with Crippen LogP contribution in [0.3, 0.4) is 0 Å². The predicted octanol–water partition coefficient (Wildman–Crippen LogP) is 3.61. The van der Waals surface area contributed by atoms with E-state index in [-0.39, 0.29) is 5.91 Å². The first-order valence-corrected chi connectivity index (χ1v) is 8.80. The summed E-state index contributed by atoms with van der Waals surface area (Å²) in [5.74, 6) is 1.84. The first-order valence-electron chi connectivity index (χ1n) is 8.42. The maximum atomic E-state index is 12.2. The van der Waals surface area contributed by atoms with E-state index in [4.69, 9.17) is 21.1 Å². The molecule has 0 fully saturated rings. The zero-order valence-electron chi connectivity index (χ0n) is 14.0. The lowest BCUT2D eigenvalue weighted by Gasteiger charge is -2.07. The van der Waals surface area contributed by atoms with Gasteiger partial charge in [-0.05, 0) is 41.5 Å². The summed E-state index contributed by atoms with van der Waals surface area (Å²) in [6.07, 6.45) is 3.14. The zero-order chi connectivity index (χ0) is 17.9. The number of fused-ring (bicyclic) bond motifs is 1. The van der Waals surface area contributed by atoms with Gasteiger partial charge in [0.05, 0.1) is 13.2 Å². The molecule has 2 aromatic carbocycles. The van der Waals surface area contributed by atoms with Crippen LogP contribution < -0.4 is 14.8 Å². The molecule has 1 amide bonds. The van der Waals surface area contributed by atoms with Gasteiger partial charge in [-0.2, -0.15) is 0 Å². The molecule has 5 nitrogen and oxygen atoms in total. The molecule has 2 aliphatic rings. The summed E-state index contributed by atoms with van der Waals surface area (Å²) in [5.41, 5.74) is 2.25. The zero-order valence-corrected chi connectivity index (χ0v) is 14.8. The summed E-state index contributed by atoms with van der Waals surface area (Å²) < 4.78 is 11.3. The molecule has 0 unspecified atom stereocenters. The van der Waals surface area contributed by atoms with Crippen LogP contribution in [-0.4, -0.2) is 25.0 Å². The number of nitrogens with one attached hydrogen (secondary N) is 1. The molecular weight excluding hydrogens is 352 g/mol. The van der Waals surface area contributed by atoms with Crippen molar-refractivity contribution in [2.45, 2.75) is 12.8 Å². The van der Waals surface area contributed by atoms with Gasteiger partial charge < -0.3 is 14.8 Å². The molecule has 0 saturated carbocycles. The van der Waals surface area contributed by atoms with Crippen LogP contribution in [0.1, 0.15) is 17.5 Å². The van der Waals surface area contributed by atoms with Crippen LogP contribution >= 0.6 is 11.6 Å². The van der Waals surface area contributed by atoms with Crippen molar-refractivity contribution in [3.63, 3.8) is 0 Å². The fourth-order valence-corrected chi connectivity index (χ4v) is 2.95. The van der Waals surface area contributed by atoms with Crippen molar-refractivity contribution in [3.05, 3.63) is 64.3 Å². The molecule has 0 bridgehead atoms. The average Bonchev–Trinajstić information content (AvgIpc) is 2.83. The number of amides is 1. The molecule has 0 radical (unpaired) electrons. The van der Waals surface area contributed by atoms with Crippen LogP contribution in [0.5, 0.6) is 11.5 Å². The average molecular weight is 369 g/mol. The van der Waals surface area contributed by atoms with Crippen LogP contribution in [0.2, 0.25) is 5.02 Å². The number of nitrogens with zero attached hydrogens (tertiary/aromatic N) is 1.